The summed E-state index contributed by atoms with van der Waals surface area (Å²) in [4.78, 5) is 19.8. The van der Waals surface area contributed by atoms with Gasteiger partial charge in [-0.15, -0.1) is 0 Å². The molecular weight excluding hydrogens is 398 g/mol. The summed E-state index contributed by atoms with van der Waals surface area (Å²) < 4.78 is 5.46. The van der Waals surface area contributed by atoms with E-state index in [9.17, 15) is 4.79 Å². The van der Waals surface area contributed by atoms with E-state index >= 15 is 0 Å². The minimum Gasteiger partial charge on any atom is -0.339 e. The number of amides is 1. The van der Waals surface area contributed by atoms with Crippen LogP contribution in [-0.4, -0.2) is 27.5 Å². The molecule has 4 rings (SSSR count). The molecule has 156 valence electrons. The van der Waals surface area contributed by atoms with Gasteiger partial charge in [-0.3, -0.25) is 4.79 Å². The van der Waals surface area contributed by atoms with E-state index in [1.54, 1.807) is 0 Å². The largest absolute Gasteiger partial charge is 0.339 e. The fourth-order valence-corrected chi connectivity index (χ4v) is 4.32. The van der Waals surface area contributed by atoms with Gasteiger partial charge in [0, 0.05) is 29.5 Å². The van der Waals surface area contributed by atoms with Gasteiger partial charge in [-0.25, -0.2) is 0 Å². The van der Waals surface area contributed by atoms with Gasteiger partial charge in [-0.2, -0.15) is 4.98 Å². The van der Waals surface area contributed by atoms with Crippen LogP contribution in [0.25, 0.3) is 11.4 Å². The maximum Gasteiger partial charge on any atom is 0.228 e. The summed E-state index contributed by atoms with van der Waals surface area (Å²) in [7, 11) is 0. The molecule has 0 bridgehead atoms. The highest BCUT2D eigenvalue weighted by Gasteiger charge is 2.30. The van der Waals surface area contributed by atoms with Crippen molar-refractivity contribution >= 4 is 17.5 Å². The summed E-state index contributed by atoms with van der Waals surface area (Å²) >= 11 is 6.06. The molecule has 1 saturated carbocycles. The molecule has 6 heteroatoms. The van der Waals surface area contributed by atoms with E-state index in [2.05, 4.69) is 29.2 Å². The maximum atomic E-state index is 13.3. The lowest BCUT2D eigenvalue weighted by molar-refractivity contribution is -0.137. The topological polar surface area (TPSA) is 59.2 Å². The Morgan fingerprint density at radius 1 is 1.17 bits per heavy atom. The molecule has 0 saturated heterocycles. The first kappa shape index (κ1) is 20.6. The van der Waals surface area contributed by atoms with Crippen molar-refractivity contribution in [1.82, 2.24) is 15.0 Å². The van der Waals surface area contributed by atoms with Crippen molar-refractivity contribution in [1.29, 1.82) is 0 Å². The molecule has 1 aromatic heterocycles. The predicted molar refractivity (Wildman–Crippen MR) is 117 cm³/mol. The molecule has 2 aromatic carbocycles. The SMILES string of the molecule is CC(c1ccccc1)N(CCc1nc(-c2cccc(Cl)c2)no1)C(=O)C1CCCC1. The second-order valence-corrected chi connectivity index (χ2v) is 8.31. The van der Waals surface area contributed by atoms with Crippen LogP contribution in [-0.2, 0) is 11.2 Å². The first-order chi connectivity index (χ1) is 14.6. The molecule has 0 aliphatic heterocycles. The van der Waals surface area contributed by atoms with Gasteiger partial charge in [-0.1, -0.05) is 72.1 Å². The Bertz CT molecular complexity index is 983. The van der Waals surface area contributed by atoms with E-state index in [1.165, 1.54) is 0 Å². The normalized spacial score (nSPS) is 15.3. The lowest BCUT2D eigenvalue weighted by Gasteiger charge is -2.31. The third-order valence-electron chi connectivity index (χ3n) is 5.85. The lowest BCUT2D eigenvalue weighted by atomic mass is 10.0. The van der Waals surface area contributed by atoms with Crippen LogP contribution in [0.4, 0.5) is 0 Å². The number of nitrogens with zero attached hydrogens (tertiary/aromatic N) is 3. The Balaban J connectivity index is 1.50. The van der Waals surface area contributed by atoms with Crippen molar-refractivity contribution in [3.8, 4) is 11.4 Å². The third-order valence-corrected chi connectivity index (χ3v) is 6.09. The lowest BCUT2D eigenvalue weighted by Crippen LogP contribution is -2.38. The Morgan fingerprint density at radius 3 is 2.67 bits per heavy atom. The average molecular weight is 424 g/mol. The predicted octanol–water partition coefficient (Wildman–Crippen LogP) is 5.71. The van der Waals surface area contributed by atoms with E-state index in [4.69, 9.17) is 16.1 Å². The van der Waals surface area contributed by atoms with Crippen LogP contribution in [0.3, 0.4) is 0 Å². The van der Waals surface area contributed by atoms with Crippen LogP contribution in [0.15, 0.2) is 59.1 Å². The molecule has 1 aliphatic rings. The zero-order valence-electron chi connectivity index (χ0n) is 17.1. The summed E-state index contributed by atoms with van der Waals surface area (Å²) in [5.41, 5.74) is 1.95. The van der Waals surface area contributed by atoms with E-state index in [0.717, 1.165) is 36.8 Å². The molecule has 3 aromatic rings. The summed E-state index contributed by atoms with van der Waals surface area (Å²) in [5, 5.41) is 4.71. The summed E-state index contributed by atoms with van der Waals surface area (Å²) in [5.74, 6) is 1.39. The summed E-state index contributed by atoms with van der Waals surface area (Å²) in [6.07, 6.45) is 4.75. The number of hydrogen-bond acceptors (Lipinski definition) is 4. The minimum absolute atomic E-state index is 0.00498. The van der Waals surface area contributed by atoms with Crippen LogP contribution < -0.4 is 0 Å². The highest BCUT2D eigenvalue weighted by atomic mass is 35.5. The smallest absolute Gasteiger partial charge is 0.228 e. The van der Waals surface area contributed by atoms with Crippen LogP contribution in [0.1, 0.15) is 50.1 Å². The fourth-order valence-electron chi connectivity index (χ4n) is 4.13. The summed E-state index contributed by atoms with van der Waals surface area (Å²) in [6.45, 7) is 2.63. The molecule has 1 amide bonds. The molecule has 1 fully saturated rings. The second-order valence-electron chi connectivity index (χ2n) is 7.87. The van der Waals surface area contributed by atoms with Gasteiger partial charge in [0.05, 0.1) is 6.04 Å². The first-order valence-corrected chi connectivity index (χ1v) is 10.9. The number of aromatic nitrogens is 2. The van der Waals surface area contributed by atoms with Gasteiger partial charge < -0.3 is 9.42 Å². The zero-order chi connectivity index (χ0) is 20.9. The second kappa shape index (κ2) is 9.43. The Labute approximate surface area is 182 Å². The quantitative estimate of drug-likeness (QED) is 0.488. The standard InChI is InChI=1S/C24H26ClN3O2/c1-17(18-8-3-2-4-9-18)28(24(29)19-10-5-6-11-19)15-14-22-26-23(27-30-22)20-12-7-13-21(25)16-20/h2-4,7-9,12-13,16-17,19H,5-6,10-11,14-15H2,1H3. The van der Waals surface area contributed by atoms with Crippen LogP contribution in [0.2, 0.25) is 5.02 Å². The van der Waals surface area contributed by atoms with Gasteiger partial charge >= 0.3 is 0 Å². The number of rotatable bonds is 7. The number of carbonyl (C=O) groups is 1. The Morgan fingerprint density at radius 2 is 1.93 bits per heavy atom. The molecule has 5 nitrogen and oxygen atoms in total. The summed E-state index contributed by atoms with van der Waals surface area (Å²) in [6, 6.07) is 17.5. The first-order valence-electron chi connectivity index (χ1n) is 10.6. The van der Waals surface area contributed by atoms with Gasteiger partial charge in [0.15, 0.2) is 0 Å². The van der Waals surface area contributed by atoms with E-state index < -0.39 is 0 Å². The Kier molecular flexibility index (Phi) is 6.48. The van der Waals surface area contributed by atoms with Crippen molar-refractivity contribution < 1.29 is 9.32 Å². The number of benzene rings is 2. The third kappa shape index (κ3) is 4.73. The molecule has 0 N–H and O–H groups in total. The van der Waals surface area contributed by atoms with Crippen molar-refractivity contribution in [2.45, 2.75) is 45.1 Å². The van der Waals surface area contributed by atoms with Crippen molar-refractivity contribution in [2.24, 2.45) is 5.92 Å². The number of carbonyl (C=O) groups excluding carboxylic acids is 1. The zero-order valence-corrected chi connectivity index (χ0v) is 17.9. The van der Waals surface area contributed by atoms with Crippen molar-refractivity contribution in [3.05, 3.63) is 71.1 Å². The molecule has 1 unspecified atom stereocenters. The maximum absolute atomic E-state index is 13.3. The monoisotopic (exact) mass is 423 g/mol. The van der Waals surface area contributed by atoms with E-state index in [1.807, 2.05) is 47.4 Å². The van der Waals surface area contributed by atoms with Gasteiger partial charge in [0.25, 0.3) is 0 Å². The minimum atomic E-state index is -0.00498. The molecule has 0 spiro atoms. The van der Waals surface area contributed by atoms with Gasteiger partial charge in [0.2, 0.25) is 17.6 Å². The molecule has 1 atom stereocenters. The van der Waals surface area contributed by atoms with Gasteiger partial charge in [-0.05, 0) is 37.5 Å². The van der Waals surface area contributed by atoms with Crippen LogP contribution in [0.5, 0.6) is 0 Å². The van der Waals surface area contributed by atoms with E-state index in [-0.39, 0.29) is 17.9 Å². The van der Waals surface area contributed by atoms with Crippen LogP contribution >= 0.6 is 11.6 Å². The van der Waals surface area contributed by atoms with Gasteiger partial charge in [0.1, 0.15) is 0 Å². The molecule has 0 radical (unpaired) electrons. The average Bonchev–Trinajstić information content (AvgIpc) is 3.47. The van der Waals surface area contributed by atoms with Crippen molar-refractivity contribution in [3.63, 3.8) is 0 Å². The number of halogens is 1. The molecule has 30 heavy (non-hydrogen) atoms. The highest BCUT2D eigenvalue weighted by Crippen LogP contribution is 2.30. The highest BCUT2D eigenvalue weighted by molar-refractivity contribution is 6.30. The van der Waals surface area contributed by atoms with E-state index in [0.29, 0.717) is 29.7 Å². The molecule has 1 aliphatic carbocycles. The number of hydrogen-bond donors (Lipinski definition) is 0. The fraction of sp³-hybridized carbons (Fsp3) is 0.375. The van der Waals surface area contributed by atoms with Crippen LogP contribution in [0, 0.1) is 5.92 Å². The van der Waals surface area contributed by atoms with Crippen molar-refractivity contribution in [2.75, 3.05) is 6.54 Å². The molecular formula is C24H26ClN3O2. The molecule has 1 heterocycles. The Hall–Kier alpha value is -2.66.